The summed E-state index contributed by atoms with van der Waals surface area (Å²) in [7, 11) is 0. The van der Waals surface area contributed by atoms with Gasteiger partial charge in [0.2, 0.25) is 0 Å². The quantitative estimate of drug-likeness (QED) is 0.440. The van der Waals surface area contributed by atoms with E-state index in [0.717, 1.165) is 0 Å². The largest absolute Gasteiger partial charge is 0.539 e. The summed E-state index contributed by atoms with van der Waals surface area (Å²) in [4.78, 5) is 18.0. The van der Waals surface area contributed by atoms with Crippen LogP contribution in [0.5, 0.6) is 0 Å². The lowest BCUT2D eigenvalue weighted by atomic mass is 10.1. The van der Waals surface area contributed by atoms with Crippen molar-refractivity contribution in [1.29, 1.82) is 0 Å². The fourth-order valence-corrected chi connectivity index (χ4v) is 2.64. The van der Waals surface area contributed by atoms with Crippen molar-refractivity contribution in [1.82, 2.24) is 0 Å². The maximum Gasteiger partial charge on any atom is 0.351 e. The summed E-state index contributed by atoms with van der Waals surface area (Å²) in [6.07, 6.45) is 11.1. The van der Waals surface area contributed by atoms with Crippen LogP contribution in [-0.4, -0.2) is 47.7 Å². The second-order valence-corrected chi connectivity index (χ2v) is 6.24. The molecule has 0 spiro atoms. The van der Waals surface area contributed by atoms with E-state index in [0.29, 0.717) is 0 Å². The van der Waals surface area contributed by atoms with E-state index in [-0.39, 0.29) is 0 Å². The van der Waals surface area contributed by atoms with Gasteiger partial charge in [0, 0.05) is 0 Å². The van der Waals surface area contributed by atoms with Crippen molar-refractivity contribution in [3.05, 3.63) is 0 Å². The molecular formula is C18H37NO4. The molecule has 0 atom stereocenters. The van der Waals surface area contributed by atoms with Crippen molar-refractivity contribution in [2.75, 3.05) is 26.2 Å². The molecule has 5 nitrogen and oxygen atoms in total. The molecule has 0 rings (SSSR count). The third kappa shape index (κ3) is 14.2. The number of hydrogen-bond donors (Lipinski definition) is 1. The number of nitrogens with zero attached hydrogens (tertiary/aromatic N) is 1. The lowest BCUT2D eigenvalue weighted by molar-refractivity contribution is -0.929. The molecule has 0 aliphatic carbocycles. The van der Waals surface area contributed by atoms with Gasteiger partial charge in [-0.15, -0.1) is 0 Å². The van der Waals surface area contributed by atoms with E-state index in [1.54, 1.807) is 0 Å². The Morgan fingerprint density at radius 1 is 0.739 bits per heavy atom. The predicted molar refractivity (Wildman–Crippen MR) is 92.0 cm³/mol. The highest BCUT2D eigenvalue weighted by molar-refractivity contribution is 6.26. The summed E-state index contributed by atoms with van der Waals surface area (Å²) in [5.41, 5.74) is 0. The Balaban J connectivity index is 0. The summed E-state index contributed by atoms with van der Waals surface area (Å²) in [6.45, 7) is 15.0. The van der Waals surface area contributed by atoms with Crippen LogP contribution in [0.1, 0.15) is 79.1 Å². The van der Waals surface area contributed by atoms with Crippen molar-refractivity contribution < 1.29 is 24.3 Å². The zero-order valence-corrected chi connectivity index (χ0v) is 15.6. The smallest absolute Gasteiger partial charge is 0.351 e. The molecule has 0 saturated carbocycles. The first-order chi connectivity index (χ1) is 10.9. The Morgan fingerprint density at radius 3 is 1.09 bits per heavy atom. The highest BCUT2D eigenvalue weighted by atomic mass is 16.4. The van der Waals surface area contributed by atoms with Crippen LogP contribution in [0.2, 0.25) is 0 Å². The molecular weight excluding hydrogens is 294 g/mol. The zero-order chi connectivity index (χ0) is 18.1. The molecule has 0 bridgehead atoms. The van der Waals surface area contributed by atoms with E-state index in [1.165, 1.54) is 82.0 Å². The van der Waals surface area contributed by atoms with Gasteiger partial charge < -0.3 is 19.5 Å². The van der Waals surface area contributed by atoms with Gasteiger partial charge in [-0.1, -0.05) is 53.4 Å². The number of hydrogen-bond acceptors (Lipinski definition) is 3. The van der Waals surface area contributed by atoms with Gasteiger partial charge in [-0.05, 0) is 25.7 Å². The van der Waals surface area contributed by atoms with Gasteiger partial charge in [0.1, 0.15) is 0 Å². The normalized spacial score (nSPS) is 10.8. The van der Waals surface area contributed by atoms with E-state index in [2.05, 4.69) is 27.7 Å². The number of carbonyl (C=O) groups is 2. The van der Waals surface area contributed by atoms with E-state index in [4.69, 9.17) is 19.8 Å². The molecule has 0 heterocycles. The number of carboxylic acid groups (broad SMARTS) is 2. The third-order valence-corrected chi connectivity index (χ3v) is 4.12. The summed E-state index contributed by atoms with van der Waals surface area (Å²) in [5.74, 6) is -4.01. The molecule has 0 aliphatic heterocycles. The van der Waals surface area contributed by atoms with Crippen LogP contribution in [0, 0.1) is 0 Å². The van der Waals surface area contributed by atoms with E-state index >= 15 is 0 Å². The standard InChI is InChI=1S/C16H36N.C2H2O4/c1-5-9-13-17(14-10-6-2,15-11-7-3)16-12-8-4;3-1(4)2(5)6/h5-16H2,1-4H3;(H,3,4)(H,5,6)/q+1;/p-1. The molecule has 0 aromatic rings. The maximum atomic E-state index is 9.04. The number of carbonyl (C=O) groups excluding carboxylic acids is 1. The van der Waals surface area contributed by atoms with Crippen LogP contribution < -0.4 is 5.11 Å². The van der Waals surface area contributed by atoms with Crippen LogP contribution >= 0.6 is 0 Å². The van der Waals surface area contributed by atoms with Crippen molar-refractivity contribution in [2.45, 2.75) is 79.1 Å². The Labute approximate surface area is 142 Å². The van der Waals surface area contributed by atoms with Crippen LogP contribution in [0.25, 0.3) is 0 Å². The molecule has 0 saturated heterocycles. The van der Waals surface area contributed by atoms with E-state index < -0.39 is 11.9 Å². The number of carboxylic acids is 2. The molecule has 0 fully saturated rings. The lowest BCUT2D eigenvalue weighted by Gasteiger charge is -2.39. The Kier molecular flexibility index (Phi) is 16.6. The average molecular weight is 331 g/mol. The average Bonchev–Trinajstić information content (AvgIpc) is 2.54. The van der Waals surface area contributed by atoms with Crippen molar-refractivity contribution in [3.8, 4) is 0 Å². The Morgan fingerprint density at radius 2 is 0.957 bits per heavy atom. The molecule has 0 aliphatic rings. The summed E-state index contributed by atoms with van der Waals surface area (Å²) >= 11 is 0. The minimum absolute atomic E-state index is 1.35. The topological polar surface area (TPSA) is 77.4 Å². The van der Waals surface area contributed by atoms with Crippen LogP contribution in [0.15, 0.2) is 0 Å². The van der Waals surface area contributed by atoms with E-state index in [1.807, 2.05) is 0 Å². The van der Waals surface area contributed by atoms with Gasteiger partial charge in [-0.3, -0.25) is 0 Å². The molecule has 138 valence electrons. The van der Waals surface area contributed by atoms with Crippen molar-refractivity contribution >= 4 is 11.9 Å². The minimum atomic E-state index is -2.07. The third-order valence-electron chi connectivity index (χ3n) is 4.12. The summed E-state index contributed by atoms with van der Waals surface area (Å²) in [5, 5.41) is 16.3. The van der Waals surface area contributed by atoms with Gasteiger partial charge in [0.25, 0.3) is 0 Å². The van der Waals surface area contributed by atoms with Gasteiger partial charge in [0.15, 0.2) is 5.97 Å². The first-order valence-electron chi connectivity index (χ1n) is 9.18. The van der Waals surface area contributed by atoms with Crippen LogP contribution in [-0.2, 0) is 9.59 Å². The molecule has 0 unspecified atom stereocenters. The van der Waals surface area contributed by atoms with Crippen LogP contribution in [0.3, 0.4) is 0 Å². The van der Waals surface area contributed by atoms with Gasteiger partial charge in [0.05, 0.1) is 26.2 Å². The first kappa shape index (κ1) is 24.2. The monoisotopic (exact) mass is 331 g/mol. The second-order valence-electron chi connectivity index (χ2n) is 6.24. The first-order valence-corrected chi connectivity index (χ1v) is 9.18. The summed E-state index contributed by atoms with van der Waals surface area (Å²) < 4.78 is 1.42. The molecule has 0 aromatic heterocycles. The predicted octanol–water partition coefficient (Wildman–Crippen LogP) is 2.82. The second kappa shape index (κ2) is 15.8. The molecule has 0 aromatic carbocycles. The Hall–Kier alpha value is -1.10. The Bertz CT molecular complexity index is 256. The maximum absolute atomic E-state index is 9.04. The number of aliphatic carboxylic acids is 2. The van der Waals surface area contributed by atoms with Gasteiger partial charge in [-0.2, -0.15) is 0 Å². The van der Waals surface area contributed by atoms with Crippen molar-refractivity contribution in [3.63, 3.8) is 0 Å². The van der Waals surface area contributed by atoms with Crippen LogP contribution in [0.4, 0.5) is 0 Å². The van der Waals surface area contributed by atoms with Gasteiger partial charge >= 0.3 is 5.97 Å². The molecule has 0 amide bonds. The molecule has 1 N–H and O–H groups in total. The molecule has 5 heteroatoms. The fourth-order valence-electron chi connectivity index (χ4n) is 2.64. The fraction of sp³-hybridized carbons (Fsp3) is 0.889. The van der Waals surface area contributed by atoms with E-state index in [9.17, 15) is 0 Å². The van der Waals surface area contributed by atoms with Crippen molar-refractivity contribution in [2.24, 2.45) is 0 Å². The minimum Gasteiger partial charge on any atom is -0.539 e. The SMILES string of the molecule is CCCC[N+](CCCC)(CCCC)CCCC.O=C([O-])C(=O)O. The highest BCUT2D eigenvalue weighted by Gasteiger charge is 2.24. The molecule has 0 radical (unpaired) electrons. The van der Waals surface area contributed by atoms with Gasteiger partial charge in [-0.25, -0.2) is 4.79 Å². The number of unbranched alkanes of at least 4 members (excludes halogenated alkanes) is 4. The number of quaternary nitrogens is 1. The number of rotatable bonds is 12. The highest BCUT2D eigenvalue weighted by Crippen LogP contribution is 2.16. The molecule has 23 heavy (non-hydrogen) atoms. The zero-order valence-electron chi connectivity index (χ0n) is 15.6. The summed E-state index contributed by atoms with van der Waals surface area (Å²) in [6, 6.07) is 0. The lowest BCUT2D eigenvalue weighted by Crippen LogP contribution is -2.50.